The lowest BCUT2D eigenvalue weighted by molar-refractivity contribution is -0.384. The molecular formula is C16H12BrNO4. The zero-order valence-corrected chi connectivity index (χ0v) is 13.2. The van der Waals surface area contributed by atoms with E-state index in [1.54, 1.807) is 19.3 Å². The van der Waals surface area contributed by atoms with Gasteiger partial charge in [-0.1, -0.05) is 12.1 Å². The van der Waals surface area contributed by atoms with Crippen LogP contribution in [0.4, 0.5) is 5.69 Å². The van der Waals surface area contributed by atoms with Gasteiger partial charge in [-0.15, -0.1) is 0 Å². The van der Waals surface area contributed by atoms with E-state index in [1.807, 2.05) is 12.1 Å². The Balaban J connectivity index is 2.15. The molecular weight excluding hydrogens is 350 g/mol. The van der Waals surface area contributed by atoms with Gasteiger partial charge in [0.1, 0.15) is 5.75 Å². The van der Waals surface area contributed by atoms with Crippen LogP contribution in [-0.4, -0.2) is 17.8 Å². The van der Waals surface area contributed by atoms with Crippen molar-refractivity contribution in [3.05, 3.63) is 74.3 Å². The van der Waals surface area contributed by atoms with Gasteiger partial charge in [-0.25, -0.2) is 0 Å². The molecule has 0 aliphatic heterocycles. The van der Waals surface area contributed by atoms with Crippen LogP contribution in [0.2, 0.25) is 0 Å². The minimum absolute atomic E-state index is 0.0434. The molecule has 0 N–H and O–H groups in total. The number of carbonyl (C=O) groups excluding carboxylic acids is 1. The van der Waals surface area contributed by atoms with Crippen LogP contribution < -0.4 is 4.74 Å². The summed E-state index contributed by atoms with van der Waals surface area (Å²) in [4.78, 5) is 22.1. The van der Waals surface area contributed by atoms with E-state index in [4.69, 9.17) is 4.74 Å². The first-order valence-electron chi connectivity index (χ1n) is 6.31. The van der Waals surface area contributed by atoms with Crippen LogP contribution in [0, 0.1) is 10.1 Å². The second kappa shape index (κ2) is 7.00. The number of non-ortho nitro benzene ring substituents is 1. The molecule has 22 heavy (non-hydrogen) atoms. The zero-order valence-electron chi connectivity index (χ0n) is 11.7. The molecule has 0 aromatic heterocycles. The number of nitrogens with zero attached hydrogens (tertiary/aromatic N) is 1. The van der Waals surface area contributed by atoms with Crippen LogP contribution in [0.1, 0.15) is 15.9 Å². The second-order valence-electron chi connectivity index (χ2n) is 4.40. The second-order valence-corrected chi connectivity index (χ2v) is 5.25. The van der Waals surface area contributed by atoms with Gasteiger partial charge in [0.25, 0.3) is 5.69 Å². The fourth-order valence-electron chi connectivity index (χ4n) is 1.80. The topological polar surface area (TPSA) is 69.4 Å². The van der Waals surface area contributed by atoms with Crippen LogP contribution in [0.3, 0.4) is 0 Å². The van der Waals surface area contributed by atoms with Crippen LogP contribution >= 0.6 is 15.9 Å². The van der Waals surface area contributed by atoms with Crippen LogP contribution in [0.15, 0.2) is 53.0 Å². The fourth-order valence-corrected chi connectivity index (χ4v) is 2.20. The third-order valence-corrected chi connectivity index (χ3v) is 3.62. The molecule has 2 rings (SSSR count). The molecule has 0 saturated heterocycles. The van der Waals surface area contributed by atoms with Crippen molar-refractivity contribution < 1.29 is 14.5 Å². The van der Waals surface area contributed by atoms with Crippen LogP contribution in [-0.2, 0) is 0 Å². The molecule has 0 amide bonds. The summed E-state index contributed by atoms with van der Waals surface area (Å²) in [5.41, 5.74) is 1.17. The van der Waals surface area contributed by atoms with Crippen molar-refractivity contribution in [2.45, 2.75) is 0 Å². The maximum Gasteiger partial charge on any atom is 0.269 e. The molecule has 0 spiro atoms. The SMILES string of the molecule is COc1cc(/C=C/C(=O)c2ccc([N+](=O)[O-])cc2)ccc1Br. The quantitative estimate of drug-likeness (QED) is 0.345. The number of methoxy groups -OCH3 is 1. The Bertz CT molecular complexity index is 738. The van der Waals surface area contributed by atoms with E-state index in [0.29, 0.717) is 11.3 Å². The molecule has 0 unspecified atom stereocenters. The summed E-state index contributed by atoms with van der Waals surface area (Å²) in [5, 5.41) is 10.6. The van der Waals surface area contributed by atoms with Crippen molar-refractivity contribution in [1.29, 1.82) is 0 Å². The van der Waals surface area contributed by atoms with E-state index in [9.17, 15) is 14.9 Å². The third kappa shape index (κ3) is 3.79. The number of hydrogen-bond acceptors (Lipinski definition) is 4. The zero-order chi connectivity index (χ0) is 16.1. The highest BCUT2D eigenvalue weighted by atomic mass is 79.9. The third-order valence-electron chi connectivity index (χ3n) is 2.96. The Kier molecular flexibility index (Phi) is 5.06. The summed E-state index contributed by atoms with van der Waals surface area (Å²) in [7, 11) is 1.57. The van der Waals surface area contributed by atoms with Gasteiger partial charge in [-0.2, -0.15) is 0 Å². The molecule has 0 aliphatic carbocycles. The van der Waals surface area contributed by atoms with Crippen molar-refractivity contribution in [3.8, 4) is 5.75 Å². The number of rotatable bonds is 5. The molecule has 6 heteroatoms. The highest BCUT2D eigenvalue weighted by Gasteiger charge is 2.07. The molecule has 0 aliphatic rings. The summed E-state index contributed by atoms with van der Waals surface area (Å²) in [5.74, 6) is 0.446. The molecule has 0 fully saturated rings. The average Bonchev–Trinajstić information content (AvgIpc) is 2.53. The number of ether oxygens (including phenoxy) is 1. The minimum Gasteiger partial charge on any atom is -0.496 e. The Morgan fingerprint density at radius 3 is 2.50 bits per heavy atom. The number of hydrogen-bond donors (Lipinski definition) is 0. The monoisotopic (exact) mass is 361 g/mol. The van der Waals surface area contributed by atoms with E-state index < -0.39 is 4.92 Å². The highest BCUT2D eigenvalue weighted by Crippen LogP contribution is 2.26. The summed E-state index contributed by atoms with van der Waals surface area (Å²) < 4.78 is 6.01. The van der Waals surface area contributed by atoms with E-state index in [0.717, 1.165) is 10.0 Å². The molecule has 5 nitrogen and oxygen atoms in total. The lowest BCUT2D eigenvalue weighted by Crippen LogP contribution is -1.95. The van der Waals surface area contributed by atoms with Gasteiger partial charge in [0.05, 0.1) is 16.5 Å². The van der Waals surface area contributed by atoms with Gasteiger partial charge in [0.15, 0.2) is 5.78 Å². The first kappa shape index (κ1) is 15.9. The first-order chi connectivity index (χ1) is 10.5. The lowest BCUT2D eigenvalue weighted by atomic mass is 10.1. The standard InChI is InChI=1S/C16H12BrNO4/c1-22-16-10-11(2-8-14(16)17)3-9-15(19)12-4-6-13(7-5-12)18(20)21/h2-10H,1H3/b9-3+. The molecule has 0 bridgehead atoms. The largest absolute Gasteiger partial charge is 0.496 e. The number of carbonyl (C=O) groups is 1. The van der Waals surface area contributed by atoms with E-state index >= 15 is 0 Å². The molecule has 2 aromatic rings. The normalized spacial score (nSPS) is 10.6. The van der Waals surface area contributed by atoms with Gasteiger partial charge in [-0.05, 0) is 51.8 Å². The van der Waals surface area contributed by atoms with Gasteiger partial charge >= 0.3 is 0 Å². The van der Waals surface area contributed by atoms with Crippen LogP contribution in [0.5, 0.6) is 5.75 Å². The number of nitro groups is 1. The number of benzene rings is 2. The number of halogens is 1. The van der Waals surface area contributed by atoms with Crippen molar-refractivity contribution in [2.24, 2.45) is 0 Å². The Hall–Kier alpha value is -2.47. The van der Waals surface area contributed by atoms with E-state index in [1.165, 1.54) is 30.3 Å². The molecule has 112 valence electrons. The van der Waals surface area contributed by atoms with E-state index in [2.05, 4.69) is 15.9 Å². The van der Waals surface area contributed by atoms with Gasteiger partial charge in [-0.3, -0.25) is 14.9 Å². The summed E-state index contributed by atoms with van der Waals surface area (Å²) >= 11 is 3.35. The van der Waals surface area contributed by atoms with E-state index in [-0.39, 0.29) is 11.5 Å². The predicted octanol–water partition coefficient (Wildman–Crippen LogP) is 4.26. The van der Waals surface area contributed by atoms with Crippen molar-refractivity contribution >= 4 is 33.5 Å². The molecule has 0 radical (unpaired) electrons. The van der Waals surface area contributed by atoms with Crippen molar-refractivity contribution in [1.82, 2.24) is 0 Å². The number of allylic oxidation sites excluding steroid dienone is 1. The fraction of sp³-hybridized carbons (Fsp3) is 0.0625. The molecule has 0 saturated carbocycles. The van der Waals surface area contributed by atoms with Crippen LogP contribution in [0.25, 0.3) is 6.08 Å². The van der Waals surface area contributed by atoms with Crippen molar-refractivity contribution in [3.63, 3.8) is 0 Å². The molecule has 0 atom stereocenters. The highest BCUT2D eigenvalue weighted by molar-refractivity contribution is 9.10. The number of nitro benzene ring substituents is 1. The predicted molar refractivity (Wildman–Crippen MR) is 87.2 cm³/mol. The maximum atomic E-state index is 12.0. The molecule has 0 heterocycles. The maximum absolute atomic E-state index is 12.0. The lowest BCUT2D eigenvalue weighted by Gasteiger charge is -2.03. The van der Waals surface area contributed by atoms with Gasteiger partial charge < -0.3 is 4.74 Å². The summed E-state index contributed by atoms with van der Waals surface area (Å²) in [6.07, 6.45) is 3.09. The Morgan fingerprint density at radius 1 is 1.23 bits per heavy atom. The smallest absolute Gasteiger partial charge is 0.269 e. The minimum atomic E-state index is -0.502. The average molecular weight is 362 g/mol. The first-order valence-corrected chi connectivity index (χ1v) is 7.11. The number of ketones is 1. The Morgan fingerprint density at radius 2 is 1.91 bits per heavy atom. The van der Waals surface area contributed by atoms with Gasteiger partial charge in [0, 0.05) is 17.7 Å². The Labute approximate surface area is 135 Å². The summed E-state index contributed by atoms with van der Waals surface area (Å²) in [6, 6.07) is 11.0. The summed E-state index contributed by atoms with van der Waals surface area (Å²) in [6.45, 7) is 0. The van der Waals surface area contributed by atoms with Gasteiger partial charge in [0.2, 0.25) is 0 Å². The molecule has 2 aromatic carbocycles. The van der Waals surface area contributed by atoms with Crippen molar-refractivity contribution in [2.75, 3.05) is 7.11 Å².